The van der Waals surface area contributed by atoms with Crippen molar-refractivity contribution in [2.24, 2.45) is 5.10 Å². The van der Waals surface area contributed by atoms with E-state index in [1.54, 1.807) is 38.1 Å². The van der Waals surface area contributed by atoms with Crippen LogP contribution in [0.15, 0.2) is 87.7 Å². The van der Waals surface area contributed by atoms with E-state index in [4.69, 9.17) is 4.74 Å². The van der Waals surface area contributed by atoms with E-state index in [2.05, 4.69) is 20.6 Å². The van der Waals surface area contributed by atoms with E-state index >= 15 is 0 Å². The Balaban J connectivity index is 1.20. The van der Waals surface area contributed by atoms with Crippen LogP contribution in [-0.4, -0.2) is 52.1 Å². The van der Waals surface area contributed by atoms with Gasteiger partial charge in [-0.2, -0.15) is 25.1 Å². The maximum Gasteiger partial charge on any atom is 0.280 e. The van der Waals surface area contributed by atoms with Crippen LogP contribution in [0.4, 0.5) is 11.4 Å². The summed E-state index contributed by atoms with van der Waals surface area (Å²) in [4.78, 5) is 27.3. The number of anilines is 2. The number of aryl methyl sites for hydroxylation is 2. The molecule has 0 spiro atoms. The van der Waals surface area contributed by atoms with E-state index in [0.29, 0.717) is 22.8 Å². The summed E-state index contributed by atoms with van der Waals surface area (Å²) in [5.74, 6) is -0.437. The summed E-state index contributed by atoms with van der Waals surface area (Å²) in [6.45, 7) is 6.96. The van der Waals surface area contributed by atoms with Gasteiger partial charge in [0.15, 0.2) is 12.1 Å². The first-order chi connectivity index (χ1) is 19.9. The van der Waals surface area contributed by atoms with Crippen molar-refractivity contribution in [2.75, 3.05) is 10.3 Å². The minimum atomic E-state index is -3.78. The fourth-order valence-electron chi connectivity index (χ4n) is 4.24. The standard InChI is InChI=1S/C29H28N6O6S/c1-17-18(2)33-35(32-17)27-19(3)31-34(29(27)38)22-7-5-21(6-8-22)30-28(37)20(4)41-24-11-15-26(16-12-24)42(39,40)25-13-9-23(36)10-14-25/h5-16,20,27,36H,1-4H3,(H,30,37). The lowest BCUT2D eigenvalue weighted by atomic mass is 10.2. The first kappa shape index (κ1) is 28.5. The number of carbonyl (C=O) groups is 2. The predicted molar refractivity (Wildman–Crippen MR) is 154 cm³/mol. The van der Waals surface area contributed by atoms with Gasteiger partial charge in [-0.1, -0.05) is 0 Å². The number of aromatic hydroxyl groups is 1. The number of ether oxygens (including phenoxy) is 1. The largest absolute Gasteiger partial charge is 0.508 e. The molecule has 0 aliphatic carbocycles. The van der Waals surface area contributed by atoms with E-state index in [1.807, 2.05) is 13.8 Å². The Bertz CT molecular complexity index is 1760. The van der Waals surface area contributed by atoms with Crippen molar-refractivity contribution in [3.63, 3.8) is 0 Å². The normalized spacial score (nSPS) is 15.8. The zero-order chi connectivity index (χ0) is 30.2. The Morgan fingerprint density at radius 3 is 2.02 bits per heavy atom. The lowest BCUT2D eigenvalue weighted by Gasteiger charge is -2.16. The number of hydrogen-bond acceptors (Lipinski definition) is 9. The second-order valence-electron chi connectivity index (χ2n) is 9.75. The third-order valence-electron chi connectivity index (χ3n) is 6.70. The molecule has 2 heterocycles. The molecule has 4 aromatic rings. The molecule has 2 unspecified atom stereocenters. The number of aromatic nitrogens is 3. The number of rotatable bonds is 8. The van der Waals surface area contributed by atoms with Crippen LogP contribution in [0.5, 0.6) is 11.5 Å². The van der Waals surface area contributed by atoms with Gasteiger partial charge < -0.3 is 15.2 Å². The molecule has 5 rings (SSSR count). The molecular formula is C29H28N6O6S. The van der Waals surface area contributed by atoms with E-state index in [1.165, 1.54) is 58.3 Å². The van der Waals surface area contributed by atoms with Crippen LogP contribution in [0, 0.1) is 13.8 Å². The number of hydrazone groups is 1. The molecule has 1 aromatic heterocycles. The number of phenolic OH excluding ortho intramolecular Hbond substituents is 1. The Labute approximate surface area is 242 Å². The number of amides is 2. The van der Waals surface area contributed by atoms with Crippen molar-refractivity contribution >= 4 is 38.7 Å². The third-order valence-corrected chi connectivity index (χ3v) is 8.48. The summed E-state index contributed by atoms with van der Waals surface area (Å²) in [5, 5.41) is 26.5. The summed E-state index contributed by atoms with van der Waals surface area (Å²) in [6.07, 6.45) is -0.897. The number of carbonyl (C=O) groups excluding carboxylic acids is 2. The van der Waals surface area contributed by atoms with E-state index in [-0.39, 0.29) is 21.4 Å². The summed E-state index contributed by atoms with van der Waals surface area (Å²) in [7, 11) is -3.78. The van der Waals surface area contributed by atoms with Crippen LogP contribution in [0.1, 0.15) is 31.3 Å². The Kier molecular flexibility index (Phi) is 7.52. The molecule has 0 saturated carbocycles. The highest BCUT2D eigenvalue weighted by molar-refractivity contribution is 7.91. The van der Waals surface area contributed by atoms with Gasteiger partial charge in [-0.15, -0.1) is 0 Å². The zero-order valence-corrected chi connectivity index (χ0v) is 24.0. The molecule has 0 saturated heterocycles. The van der Waals surface area contributed by atoms with Gasteiger partial charge in [0, 0.05) is 5.69 Å². The van der Waals surface area contributed by atoms with Gasteiger partial charge in [0.25, 0.3) is 11.8 Å². The molecule has 0 fully saturated rings. The van der Waals surface area contributed by atoms with Gasteiger partial charge in [-0.05, 0) is 100 Å². The topological polar surface area (TPSA) is 156 Å². The highest BCUT2D eigenvalue weighted by Gasteiger charge is 2.37. The minimum Gasteiger partial charge on any atom is -0.508 e. The van der Waals surface area contributed by atoms with Crippen LogP contribution < -0.4 is 15.1 Å². The fourth-order valence-corrected chi connectivity index (χ4v) is 5.50. The second-order valence-corrected chi connectivity index (χ2v) is 11.7. The molecule has 1 aliphatic rings. The summed E-state index contributed by atoms with van der Waals surface area (Å²) >= 11 is 0. The number of hydrogen-bond donors (Lipinski definition) is 2. The fraction of sp³-hybridized carbons (Fsp3) is 0.207. The van der Waals surface area contributed by atoms with Crippen LogP contribution in [0.2, 0.25) is 0 Å². The molecule has 13 heteroatoms. The second kappa shape index (κ2) is 11.1. The van der Waals surface area contributed by atoms with Gasteiger partial charge >= 0.3 is 0 Å². The van der Waals surface area contributed by atoms with Crippen molar-refractivity contribution in [3.8, 4) is 11.5 Å². The number of sulfone groups is 1. The van der Waals surface area contributed by atoms with Crippen molar-refractivity contribution in [2.45, 2.75) is 49.6 Å². The van der Waals surface area contributed by atoms with Gasteiger partial charge in [-0.25, -0.2) is 8.42 Å². The Hall–Kier alpha value is -5.04. The number of phenols is 1. The maximum atomic E-state index is 13.1. The number of nitrogens with zero attached hydrogens (tertiary/aromatic N) is 5. The van der Waals surface area contributed by atoms with Crippen LogP contribution in [-0.2, 0) is 19.4 Å². The summed E-state index contributed by atoms with van der Waals surface area (Å²) in [6, 6.07) is 16.9. The molecule has 42 heavy (non-hydrogen) atoms. The average Bonchev–Trinajstić information content (AvgIpc) is 3.45. The molecule has 2 atom stereocenters. The summed E-state index contributed by atoms with van der Waals surface area (Å²) < 4.78 is 31.3. The first-order valence-corrected chi connectivity index (χ1v) is 14.4. The highest BCUT2D eigenvalue weighted by Crippen LogP contribution is 2.28. The van der Waals surface area contributed by atoms with Gasteiger partial charge in [-0.3, -0.25) is 9.59 Å². The van der Waals surface area contributed by atoms with Crippen molar-refractivity contribution in [3.05, 3.63) is 84.2 Å². The number of benzene rings is 3. The molecule has 2 amide bonds. The molecule has 12 nitrogen and oxygen atoms in total. The molecule has 1 aliphatic heterocycles. The quantitative estimate of drug-likeness (QED) is 0.315. The monoisotopic (exact) mass is 588 g/mol. The smallest absolute Gasteiger partial charge is 0.280 e. The van der Waals surface area contributed by atoms with Crippen LogP contribution >= 0.6 is 0 Å². The lowest BCUT2D eigenvalue weighted by molar-refractivity contribution is -0.122. The van der Waals surface area contributed by atoms with Crippen molar-refractivity contribution in [1.82, 2.24) is 15.0 Å². The van der Waals surface area contributed by atoms with Gasteiger partial charge in [0.1, 0.15) is 11.5 Å². The lowest BCUT2D eigenvalue weighted by Crippen LogP contribution is -2.31. The van der Waals surface area contributed by atoms with Crippen LogP contribution in [0.3, 0.4) is 0 Å². The Morgan fingerprint density at radius 1 is 0.905 bits per heavy atom. The van der Waals surface area contributed by atoms with E-state index in [0.717, 1.165) is 11.4 Å². The van der Waals surface area contributed by atoms with Gasteiger partial charge in [0.2, 0.25) is 9.84 Å². The van der Waals surface area contributed by atoms with Gasteiger partial charge in [0.05, 0.1) is 32.6 Å². The SMILES string of the molecule is CC1=NN(c2ccc(NC(=O)C(C)Oc3ccc(S(=O)(=O)c4ccc(O)cc4)cc3)cc2)C(=O)C1n1nc(C)c(C)n1. The highest BCUT2D eigenvalue weighted by atomic mass is 32.2. The Morgan fingerprint density at radius 2 is 1.45 bits per heavy atom. The van der Waals surface area contributed by atoms with E-state index < -0.39 is 27.9 Å². The number of nitrogens with one attached hydrogen (secondary N) is 1. The molecule has 2 N–H and O–H groups in total. The van der Waals surface area contributed by atoms with Crippen molar-refractivity contribution in [1.29, 1.82) is 0 Å². The first-order valence-electron chi connectivity index (χ1n) is 12.9. The molecule has 0 radical (unpaired) electrons. The average molecular weight is 589 g/mol. The predicted octanol–water partition coefficient (Wildman–Crippen LogP) is 3.80. The maximum absolute atomic E-state index is 13.1. The van der Waals surface area contributed by atoms with Crippen LogP contribution in [0.25, 0.3) is 0 Å². The molecule has 0 bridgehead atoms. The summed E-state index contributed by atoms with van der Waals surface area (Å²) in [5.41, 5.74) is 3.04. The van der Waals surface area contributed by atoms with Crippen molar-refractivity contribution < 1.29 is 27.9 Å². The van der Waals surface area contributed by atoms with E-state index in [9.17, 15) is 23.1 Å². The molecule has 216 valence electrons. The molecular weight excluding hydrogens is 560 g/mol. The minimum absolute atomic E-state index is 0.0331. The zero-order valence-electron chi connectivity index (χ0n) is 23.2. The molecule has 3 aromatic carbocycles. The third kappa shape index (κ3) is 5.59.